The largest absolute Gasteiger partial charge is 0.0873 e. The SMILES string of the molecule is CCC1=CC[C@H]2[C@@H]3CC=C4CCC=C[C@]4(C)[C@H]3CC[C@]12C. The summed E-state index contributed by atoms with van der Waals surface area (Å²) >= 11 is 0. The van der Waals surface area contributed by atoms with Crippen molar-refractivity contribution in [3.63, 3.8) is 0 Å². The second-order valence-electron chi connectivity index (χ2n) is 8.34. The summed E-state index contributed by atoms with van der Waals surface area (Å²) in [4.78, 5) is 0. The Hall–Kier alpha value is -0.780. The quantitative estimate of drug-likeness (QED) is 0.513. The van der Waals surface area contributed by atoms with Crippen molar-refractivity contribution >= 4 is 0 Å². The van der Waals surface area contributed by atoms with Crippen molar-refractivity contribution in [2.24, 2.45) is 28.6 Å². The van der Waals surface area contributed by atoms with Crippen molar-refractivity contribution in [2.45, 2.75) is 65.7 Å². The minimum absolute atomic E-state index is 0.386. The lowest BCUT2D eigenvalue weighted by Gasteiger charge is -2.56. The van der Waals surface area contributed by atoms with E-state index in [1.807, 2.05) is 0 Å². The van der Waals surface area contributed by atoms with Crippen molar-refractivity contribution in [3.05, 3.63) is 35.5 Å². The molecule has 0 heterocycles. The molecule has 0 heteroatoms. The van der Waals surface area contributed by atoms with Crippen LogP contribution in [-0.4, -0.2) is 0 Å². The maximum Gasteiger partial charge on any atom is 0.00936 e. The molecule has 5 atom stereocenters. The second-order valence-corrected chi connectivity index (χ2v) is 8.34. The first-order chi connectivity index (χ1) is 10.1. The van der Waals surface area contributed by atoms with Gasteiger partial charge in [-0.25, -0.2) is 0 Å². The summed E-state index contributed by atoms with van der Waals surface area (Å²) in [5.41, 5.74) is 4.44. The molecule has 4 aliphatic carbocycles. The minimum atomic E-state index is 0.386. The Bertz CT molecular complexity index is 534. The lowest BCUT2D eigenvalue weighted by atomic mass is 9.48. The first-order valence-corrected chi connectivity index (χ1v) is 9.16. The van der Waals surface area contributed by atoms with Crippen LogP contribution in [0.25, 0.3) is 0 Å². The van der Waals surface area contributed by atoms with Crippen LogP contribution in [-0.2, 0) is 0 Å². The molecule has 0 bridgehead atoms. The zero-order valence-electron chi connectivity index (χ0n) is 14.0. The highest BCUT2D eigenvalue weighted by molar-refractivity contribution is 5.33. The van der Waals surface area contributed by atoms with Gasteiger partial charge in [-0.3, -0.25) is 0 Å². The number of hydrogen-bond acceptors (Lipinski definition) is 0. The van der Waals surface area contributed by atoms with Gasteiger partial charge in [0.2, 0.25) is 0 Å². The smallest absolute Gasteiger partial charge is 0.00936 e. The van der Waals surface area contributed by atoms with Gasteiger partial charge < -0.3 is 0 Å². The van der Waals surface area contributed by atoms with E-state index in [1.165, 1.54) is 44.9 Å². The van der Waals surface area contributed by atoms with Crippen LogP contribution < -0.4 is 0 Å². The van der Waals surface area contributed by atoms with Gasteiger partial charge in [-0.1, -0.05) is 56.2 Å². The van der Waals surface area contributed by atoms with E-state index in [1.54, 1.807) is 11.1 Å². The van der Waals surface area contributed by atoms with Crippen molar-refractivity contribution in [1.29, 1.82) is 0 Å². The molecule has 0 nitrogen and oxygen atoms in total. The van der Waals surface area contributed by atoms with E-state index >= 15 is 0 Å². The molecule has 1 saturated carbocycles. The zero-order valence-corrected chi connectivity index (χ0v) is 14.0. The Morgan fingerprint density at radius 1 is 1.14 bits per heavy atom. The topological polar surface area (TPSA) is 0 Å². The Morgan fingerprint density at radius 2 is 2.00 bits per heavy atom. The third kappa shape index (κ3) is 1.74. The number of fused-ring (bicyclic) bond motifs is 5. The van der Waals surface area contributed by atoms with Gasteiger partial charge in [0, 0.05) is 5.41 Å². The molecule has 4 rings (SSSR count). The van der Waals surface area contributed by atoms with E-state index in [2.05, 4.69) is 45.1 Å². The molecule has 21 heavy (non-hydrogen) atoms. The Labute approximate surface area is 130 Å². The first-order valence-electron chi connectivity index (χ1n) is 9.16. The minimum Gasteiger partial charge on any atom is -0.0873 e. The van der Waals surface area contributed by atoms with Crippen molar-refractivity contribution in [2.75, 3.05) is 0 Å². The molecule has 114 valence electrons. The van der Waals surface area contributed by atoms with Gasteiger partial charge in [-0.2, -0.15) is 0 Å². The zero-order chi connectivity index (χ0) is 14.7. The molecule has 0 radical (unpaired) electrons. The molecule has 0 aliphatic heterocycles. The summed E-state index contributed by atoms with van der Waals surface area (Å²) in [5.74, 6) is 2.73. The van der Waals surface area contributed by atoms with Gasteiger partial charge in [0.15, 0.2) is 0 Å². The summed E-state index contributed by atoms with van der Waals surface area (Å²) in [6.07, 6.45) is 19.7. The van der Waals surface area contributed by atoms with E-state index in [9.17, 15) is 0 Å². The van der Waals surface area contributed by atoms with Gasteiger partial charge in [-0.05, 0) is 68.1 Å². The molecule has 0 unspecified atom stereocenters. The van der Waals surface area contributed by atoms with E-state index in [-0.39, 0.29) is 0 Å². The van der Waals surface area contributed by atoms with Crippen LogP contribution in [0, 0.1) is 28.6 Å². The molecule has 0 aromatic heterocycles. The van der Waals surface area contributed by atoms with Crippen LogP contribution in [0.1, 0.15) is 65.7 Å². The molecule has 0 saturated heterocycles. The van der Waals surface area contributed by atoms with Gasteiger partial charge >= 0.3 is 0 Å². The van der Waals surface area contributed by atoms with E-state index in [0.717, 1.165) is 17.8 Å². The van der Waals surface area contributed by atoms with E-state index in [4.69, 9.17) is 0 Å². The summed E-state index contributed by atoms with van der Waals surface area (Å²) in [6.45, 7) is 7.47. The van der Waals surface area contributed by atoms with Crippen LogP contribution in [0.15, 0.2) is 35.5 Å². The predicted octanol–water partition coefficient (Wildman–Crippen LogP) is 6.06. The standard InChI is InChI=1S/C21H30/c1-4-15-9-11-18-17-10-8-16-7-5-6-13-20(16,2)19(17)12-14-21(15,18)3/h6,8-9,13,17-19H,4-5,7,10-12,14H2,1-3H3/t17-,18-,19-,20-,21+/m0/s1. The summed E-state index contributed by atoms with van der Waals surface area (Å²) in [7, 11) is 0. The van der Waals surface area contributed by atoms with Gasteiger partial charge in [-0.15, -0.1) is 0 Å². The molecule has 0 spiro atoms. The van der Waals surface area contributed by atoms with Crippen molar-refractivity contribution < 1.29 is 0 Å². The molecule has 4 aliphatic rings. The second kappa shape index (κ2) is 4.61. The molecular weight excluding hydrogens is 252 g/mol. The van der Waals surface area contributed by atoms with Gasteiger partial charge in [0.05, 0.1) is 0 Å². The van der Waals surface area contributed by atoms with Crippen molar-refractivity contribution in [1.82, 2.24) is 0 Å². The fourth-order valence-corrected chi connectivity index (χ4v) is 6.47. The maximum absolute atomic E-state index is 2.64. The van der Waals surface area contributed by atoms with Crippen molar-refractivity contribution in [3.8, 4) is 0 Å². The molecule has 0 aromatic carbocycles. The summed E-state index contributed by atoms with van der Waals surface area (Å²) in [6, 6.07) is 0. The highest BCUT2D eigenvalue weighted by Gasteiger charge is 2.55. The Morgan fingerprint density at radius 3 is 2.81 bits per heavy atom. The molecule has 0 aromatic rings. The van der Waals surface area contributed by atoms with E-state index < -0.39 is 0 Å². The highest BCUT2D eigenvalue weighted by atomic mass is 14.6. The first kappa shape index (κ1) is 13.9. The van der Waals surface area contributed by atoms with Crippen LogP contribution >= 0.6 is 0 Å². The average molecular weight is 282 g/mol. The third-order valence-corrected chi connectivity index (χ3v) is 7.70. The van der Waals surface area contributed by atoms with Gasteiger partial charge in [0.25, 0.3) is 0 Å². The molecule has 1 fully saturated rings. The summed E-state index contributed by atoms with van der Waals surface area (Å²) < 4.78 is 0. The van der Waals surface area contributed by atoms with Gasteiger partial charge in [0.1, 0.15) is 0 Å². The Kier molecular flexibility index (Phi) is 3.04. The molecule has 0 amide bonds. The van der Waals surface area contributed by atoms with Crippen LogP contribution in [0.4, 0.5) is 0 Å². The van der Waals surface area contributed by atoms with E-state index in [0.29, 0.717) is 10.8 Å². The van der Waals surface area contributed by atoms with Crippen LogP contribution in [0.5, 0.6) is 0 Å². The third-order valence-electron chi connectivity index (χ3n) is 7.70. The molecule has 0 N–H and O–H groups in total. The number of hydrogen-bond donors (Lipinski definition) is 0. The normalized spacial score (nSPS) is 48.0. The number of rotatable bonds is 1. The van der Waals surface area contributed by atoms with Crippen LogP contribution in [0.3, 0.4) is 0 Å². The highest BCUT2D eigenvalue weighted by Crippen LogP contribution is 2.64. The molecular formula is C21H30. The Balaban J connectivity index is 1.70. The average Bonchev–Trinajstić information content (AvgIpc) is 2.83. The monoisotopic (exact) mass is 282 g/mol. The fraction of sp³-hybridized carbons (Fsp3) is 0.714. The number of allylic oxidation sites excluding steroid dienone is 6. The van der Waals surface area contributed by atoms with Crippen LogP contribution in [0.2, 0.25) is 0 Å². The predicted molar refractivity (Wildman–Crippen MR) is 90.0 cm³/mol. The lowest BCUT2D eigenvalue weighted by Crippen LogP contribution is -2.48. The fourth-order valence-electron chi connectivity index (χ4n) is 6.47. The summed E-state index contributed by atoms with van der Waals surface area (Å²) in [5, 5.41) is 0. The lowest BCUT2D eigenvalue weighted by molar-refractivity contribution is 0.00663. The maximum atomic E-state index is 2.64.